The second-order valence-corrected chi connectivity index (χ2v) is 5.73. The van der Waals surface area contributed by atoms with Crippen LogP contribution >= 0.6 is 39.1 Å². The Morgan fingerprint density at radius 1 is 1.16 bits per heavy atom. The minimum atomic E-state index is -0.348. The van der Waals surface area contributed by atoms with Gasteiger partial charge in [0.2, 0.25) is 0 Å². The first-order valence-electron chi connectivity index (χ1n) is 5.60. The lowest BCUT2D eigenvalue weighted by Crippen LogP contribution is -2.19. The van der Waals surface area contributed by atoms with Crippen molar-refractivity contribution < 1.29 is 4.39 Å². The Balaban J connectivity index is 2.53. The molecule has 2 rings (SSSR count). The molecule has 0 aliphatic heterocycles. The summed E-state index contributed by atoms with van der Waals surface area (Å²) in [5, 5.41) is 3.96. The summed E-state index contributed by atoms with van der Waals surface area (Å²) in [5.74, 6) is -0.301. The van der Waals surface area contributed by atoms with Gasteiger partial charge in [0.25, 0.3) is 0 Å². The van der Waals surface area contributed by atoms with Crippen LogP contribution in [0.25, 0.3) is 0 Å². The topological polar surface area (TPSA) is 12.0 Å². The standard InChI is InChI=1S/C14H11BrCl2FN/c1-19-14(9-6-5-8(15)7-12(9)18)10-3-2-4-11(16)13(10)17/h2-7,14,19H,1H3. The zero-order valence-corrected chi connectivity index (χ0v) is 13.2. The third-order valence-electron chi connectivity index (χ3n) is 2.85. The Hall–Kier alpha value is -0.610. The molecular formula is C14H11BrCl2FN. The fourth-order valence-corrected chi connectivity index (χ4v) is 2.71. The van der Waals surface area contributed by atoms with Crippen molar-refractivity contribution in [2.24, 2.45) is 0 Å². The van der Waals surface area contributed by atoms with Crippen molar-refractivity contribution in [2.45, 2.75) is 6.04 Å². The van der Waals surface area contributed by atoms with Crippen LogP contribution < -0.4 is 5.32 Å². The quantitative estimate of drug-likeness (QED) is 0.790. The van der Waals surface area contributed by atoms with E-state index in [0.29, 0.717) is 20.1 Å². The van der Waals surface area contributed by atoms with Crippen LogP contribution in [-0.2, 0) is 0 Å². The molecule has 2 aromatic carbocycles. The van der Waals surface area contributed by atoms with Gasteiger partial charge in [-0.25, -0.2) is 4.39 Å². The fraction of sp³-hybridized carbons (Fsp3) is 0.143. The van der Waals surface area contributed by atoms with Gasteiger partial charge in [0.1, 0.15) is 5.82 Å². The molecule has 1 nitrogen and oxygen atoms in total. The smallest absolute Gasteiger partial charge is 0.129 e. The molecule has 0 spiro atoms. The minimum absolute atomic E-state index is 0.301. The van der Waals surface area contributed by atoms with E-state index in [2.05, 4.69) is 21.2 Å². The minimum Gasteiger partial charge on any atom is -0.309 e. The summed E-state index contributed by atoms with van der Waals surface area (Å²) < 4.78 is 14.8. The van der Waals surface area contributed by atoms with Gasteiger partial charge in [0, 0.05) is 10.0 Å². The van der Waals surface area contributed by atoms with Crippen LogP contribution in [0.2, 0.25) is 10.0 Å². The van der Waals surface area contributed by atoms with E-state index < -0.39 is 0 Å². The molecule has 0 saturated carbocycles. The molecule has 0 aromatic heterocycles. The molecule has 1 unspecified atom stereocenters. The molecule has 0 bridgehead atoms. The first kappa shape index (κ1) is 14.8. The van der Waals surface area contributed by atoms with Crippen molar-refractivity contribution in [3.8, 4) is 0 Å². The third-order valence-corrected chi connectivity index (χ3v) is 4.18. The van der Waals surface area contributed by atoms with Crippen molar-refractivity contribution in [2.75, 3.05) is 7.05 Å². The maximum atomic E-state index is 14.1. The molecule has 100 valence electrons. The van der Waals surface area contributed by atoms with Gasteiger partial charge in [-0.3, -0.25) is 0 Å². The summed E-state index contributed by atoms with van der Waals surface area (Å²) in [7, 11) is 1.75. The first-order valence-corrected chi connectivity index (χ1v) is 7.15. The number of rotatable bonds is 3. The summed E-state index contributed by atoms with van der Waals surface area (Å²) in [6.07, 6.45) is 0. The Bertz CT molecular complexity index is 604. The van der Waals surface area contributed by atoms with E-state index in [4.69, 9.17) is 23.2 Å². The van der Waals surface area contributed by atoms with Gasteiger partial charge in [-0.2, -0.15) is 0 Å². The maximum Gasteiger partial charge on any atom is 0.129 e. The molecule has 0 fully saturated rings. The zero-order chi connectivity index (χ0) is 14.0. The Morgan fingerprint density at radius 2 is 1.89 bits per heavy atom. The van der Waals surface area contributed by atoms with Crippen LogP contribution in [0, 0.1) is 5.82 Å². The van der Waals surface area contributed by atoms with Crippen molar-refractivity contribution >= 4 is 39.1 Å². The molecule has 0 heterocycles. The number of halogens is 4. The van der Waals surface area contributed by atoms with E-state index in [1.807, 2.05) is 6.07 Å². The van der Waals surface area contributed by atoms with Gasteiger partial charge in [-0.1, -0.05) is 57.3 Å². The van der Waals surface area contributed by atoms with Crippen LogP contribution in [0.15, 0.2) is 40.9 Å². The normalized spacial score (nSPS) is 12.5. The van der Waals surface area contributed by atoms with Crippen LogP contribution in [0.1, 0.15) is 17.2 Å². The predicted molar refractivity (Wildman–Crippen MR) is 81.5 cm³/mol. The average Bonchev–Trinajstić information content (AvgIpc) is 2.37. The summed E-state index contributed by atoms with van der Waals surface area (Å²) in [4.78, 5) is 0. The van der Waals surface area contributed by atoms with Gasteiger partial charge < -0.3 is 5.32 Å². The average molecular weight is 363 g/mol. The summed E-state index contributed by atoms with van der Waals surface area (Å²) >= 11 is 15.4. The molecule has 0 saturated heterocycles. The first-order chi connectivity index (χ1) is 9.04. The highest BCUT2D eigenvalue weighted by atomic mass is 79.9. The van der Waals surface area contributed by atoms with Crippen LogP contribution in [0.3, 0.4) is 0 Å². The van der Waals surface area contributed by atoms with E-state index >= 15 is 0 Å². The lowest BCUT2D eigenvalue weighted by Gasteiger charge is -2.19. The van der Waals surface area contributed by atoms with Gasteiger partial charge in [-0.05, 0) is 30.8 Å². The number of hydrogen-bond acceptors (Lipinski definition) is 1. The molecule has 1 atom stereocenters. The van der Waals surface area contributed by atoms with Crippen molar-refractivity contribution in [3.63, 3.8) is 0 Å². The van der Waals surface area contributed by atoms with Crippen molar-refractivity contribution in [1.29, 1.82) is 0 Å². The van der Waals surface area contributed by atoms with Crippen LogP contribution in [0.5, 0.6) is 0 Å². The largest absolute Gasteiger partial charge is 0.309 e. The maximum absolute atomic E-state index is 14.1. The van der Waals surface area contributed by atoms with E-state index in [-0.39, 0.29) is 11.9 Å². The van der Waals surface area contributed by atoms with Gasteiger partial charge in [-0.15, -0.1) is 0 Å². The predicted octanol–water partition coefficient (Wildman–Crippen LogP) is 5.20. The van der Waals surface area contributed by atoms with Gasteiger partial charge >= 0.3 is 0 Å². The molecule has 5 heteroatoms. The summed E-state index contributed by atoms with van der Waals surface area (Å²) in [6, 6.07) is 9.93. The number of nitrogens with one attached hydrogen (secondary N) is 1. The molecular weight excluding hydrogens is 352 g/mol. The van der Waals surface area contributed by atoms with Crippen LogP contribution in [-0.4, -0.2) is 7.05 Å². The van der Waals surface area contributed by atoms with Crippen LogP contribution in [0.4, 0.5) is 4.39 Å². The molecule has 19 heavy (non-hydrogen) atoms. The molecule has 2 aromatic rings. The second kappa shape index (κ2) is 6.23. The SMILES string of the molecule is CNC(c1ccc(Br)cc1F)c1cccc(Cl)c1Cl. The molecule has 0 aliphatic carbocycles. The fourth-order valence-electron chi connectivity index (χ4n) is 1.96. The summed E-state index contributed by atoms with van der Waals surface area (Å²) in [5.41, 5.74) is 1.27. The van der Waals surface area contributed by atoms with Crippen molar-refractivity contribution in [1.82, 2.24) is 5.32 Å². The number of benzene rings is 2. The highest BCUT2D eigenvalue weighted by Gasteiger charge is 2.19. The third kappa shape index (κ3) is 3.11. The monoisotopic (exact) mass is 361 g/mol. The lowest BCUT2D eigenvalue weighted by atomic mass is 9.98. The van der Waals surface area contributed by atoms with E-state index in [1.165, 1.54) is 6.07 Å². The number of hydrogen-bond donors (Lipinski definition) is 1. The van der Waals surface area contributed by atoms with Gasteiger partial charge in [0.15, 0.2) is 0 Å². The molecule has 0 radical (unpaired) electrons. The van der Waals surface area contributed by atoms with Gasteiger partial charge in [0.05, 0.1) is 16.1 Å². The summed E-state index contributed by atoms with van der Waals surface area (Å²) in [6.45, 7) is 0. The lowest BCUT2D eigenvalue weighted by molar-refractivity contribution is 0.575. The highest BCUT2D eigenvalue weighted by Crippen LogP contribution is 2.34. The van der Waals surface area contributed by atoms with E-state index in [1.54, 1.807) is 31.3 Å². The molecule has 0 aliphatic rings. The van der Waals surface area contributed by atoms with E-state index in [9.17, 15) is 4.39 Å². The Labute approximate surface area is 129 Å². The molecule has 1 N–H and O–H groups in total. The Kier molecular flexibility index (Phi) is 4.85. The molecule has 0 amide bonds. The van der Waals surface area contributed by atoms with E-state index in [0.717, 1.165) is 5.56 Å². The Morgan fingerprint density at radius 3 is 2.53 bits per heavy atom. The van der Waals surface area contributed by atoms with Crippen molar-refractivity contribution in [3.05, 3.63) is 67.9 Å². The zero-order valence-electron chi connectivity index (χ0n) is 10.1. The highest BCUT2D eigenvalue weighted by molar-refractivity contribution is 9.10. The second-order valence-electron chi connectivity index (χ2n) is 4.03.